The van der Waals surface area contributed by atoms with Gasteiger partial charge in [-0.1, -0.05) is 42.0 Å². The van der Waals surface area contributed by atoms with Gasteiger partial charge in [-0.25, -0.2) is 10.2 Å². The van der Waals surface area contributed by atoms with Crippen LogP contribution in [0.1, 0.15) is 40.2 Å². The summed E-state index contributed by atoms with van der Waals surface area (Å²) in [4.78, 5) is 12.8. The van der Waals surface area contributed by atoms with E-state index in [1.54, 1.807) is 28.9 Å². The summed E-state index contributed by atoms with van der Waals surface area (Å²) in [7, 11) is -4.15. The number of aromatic nitrogens is 2. The first kappa shape index (κ1) is 23.2. The van der Waals surface area contributed by atoms with E-state index in [0.717, 1.165) is 29.7 Å². The van der Waals surface area contributed by atoms with Gasteiger partial charge in [-0.15, -0.1) is 4.28 Å². The zero-order chi connectivity index (χ0) is 24.4. The molecule has 1 amide bonds. The fourth-order valence-corrected chi connectivity index (χ4v) is 5.05. The second kappa shape index (κ2) is 9.61. The fourth-order valence-electron chi connectivity index (χ4n) is 4.30. The molecule has 9 heteroatoms. The Kier molecular flexibility index (Phi) is 6.38. The third kappa shape index (κ3) is 4.97. The molecule has 1 aliphatic rings. The fraction of sp³-hybridized carbons (Fsp3) is 0.231. The molecule has 1 atom stereocenters. The van der Waals surface area contributed by atoms with Crippen LogP contribution in [0, 0.1) is 6.92 Å². The Morgan fingerprint density at radius 2 is 1.86 bits per heavy atom. The SMILES string of the molecule is Cc1ccc(S(=O)(=O)ONC(=O)c2cccc3cn(-c4ccc([C@@H]5CCCNC5)cc4)nc23)cc1. The second-order valence-corrected chi connectivity index (χ2v) is 10.3. The molecule has 0 bridgehead atoms. The zero-order valence-corrected chi connectivity index (χ0v) is 20.1. The summed E-state index contributed by atoms with van der Waals surface area (Å²) in [5.41, 5.74) is 5.80. The number of carbonyl (C=O) groups is 1. The molecular weight excluding hydrogens is 464 g/mol. The van der Waals surface area contributed by atoms with E-state index < -0.39 is 16.0 Å². The van der Waals surface area contributed by atoms with Gasteiger partial charge >= 0.3 is 10.1 Å². The van der Waals surface area contributed by atoms with E-state index in [0.29, 0.717) is 11.4 Å². The summed E-state index contributed by atoms with van der Waals surface area (Å²) in [5.74, 6) is -0.183. The van der Waals surface area contributed by atoms with E-state index in [1.807, 2.05) is 31.3 Å². The molecule has 1 fully saturated rings. The van der Waals surface area contributed by atoms with Crippen molar-refractivity contribution >= 4 is 26.9 Å². The minimum atomic E-state index is -4.15. The van der Waals surface area contributed by atoms with Crippen LogP contribution in [0.3, 0.4) is 0 Å². The average molecular weight is 491 g/mol. The molecular formula is C26H26N4O4S. The van der Waals surface area contributed by atoms with Crippen LogP contribution in [-0.2, 0) is 14.4 Å². The van der Waals surface area contributed by atoms with E-state index >= 15 is 0 Å². The standard InChI is InChI=1S/C26H26N4O4S/c1-18-7-13-23(14-8-18)35(32,33)34-29-26(31)24-6-2-4-21-17-30(28-25(21)24)22-11-9-19(10-12-22)20-5-3-15-27-16-20/h2,4,6-14,17,20,27H,3,5,15-16H2,1H3,(H,29,31)/t20-/m1/s1. The highest BCUT2D eigenvalue weighted by Gasteiger charge is 2.20. The van der Waals surface area contributed by atoms with E-state index in [9.17, 15) is 13.2 Å². The molecule has 0 unspecified atom stereocenters. The Labute approximate surface area is 204 Å². The molecule has 0 aliphatic carbocycles. The normalized spacial score (nSPS) is 16.3. The van der Waals surface area contributed by atoms with Gasteiger partial charge < -0.3 is 5.32 Å². The van der Waals surface area contributed by atoms with Crippen molar-refractivity contribution in [3.05, 3.63) is 89.6 Å². The van der Waals surface area contributed by atoms with Gasteiger partial charge in [0.25, 0.3) is 5.91 Å². The molecule has 2 N–H and O–H groups in total. The van der Waals surface area contributed by atoms with Gasteiger partial charge in [0.05, 0.1) is 16.1 Å². The number of rotatable bonds is 6. The number of fused-ring (bicyclic) bond motifs is 1. The van der Waals surface area contributed by atoms with Gasteiger partial charge in [0.1, 0.15) is 5.52 Å². The number of nitrogens with zero attached hydrogens (tertiary/aromatic N) is 2. The minimum absolute atomic E-state index is 0.0432. The van der Waals surface area contributed by atoms with Crippen LogP contribution in [0.15, 0.2) is 77.8 Å². The average Bonchev–Trinajstić information content (AvgIpc) is 3.33. The Morgan fingerprint density at radius 3 is 2.57 bits per heavy atom. The number of hydrogen-bond acceptors (Lipinski definition) is 6. The number of piperidine rings is 1. The quantitative estimate of drug-likeness (QED) is 0.398. The number of carbonyl (C=O) groups excluding carboxylic acids is 1. The third-order valence-electron chi connectivity index (χ3n) is 6.26. The van der Waals surface area contributed by atoms with Crippen molar-refractivity contribution in [2.24, 2.45) is 0 Å². The maximum Gasteiger partial charge on any atom is 0.317 e. The van der Waals surface area contributed by atoms with Crippen LogP contribution in [0.25, 0.3) is 16.6 Å². The molecule has 0 saturated carbocycles. The third-order valence-corrected chi connectivity index (χ3v) is 7.41. The van der Waals surface area contributed by atoms with Crippen LogP contribution in [0.4, 0.5) is 0 Å². The van der Waals surface area contributed by atoms with E-state index in [1.165, 1.54) is 30.5 Å². The minimum Gasteiger partial charge on any atom is -0.316 e. The number of aryl methyl sites for hydroxylation is 1. The maximum absolute atomic E-state index is 12.8. The maximum atomic E-state index is 12.8. The predicted molar refractivity (Wildman–Crippen MR) is 133 cm³/mol. The van der Waals surface area contributed by atoms with Gasteiger partial charge in [-0.2, -0.15) is 13.5 Å². The molecule has 8 nitrogen and oxygen atoms in total. The summed E-state index contributed by atoms with van der Waals surface area (Å²) in [5, 5.41) is 8.79. The lowest BCUT2D eigenvalue weighted by Gasteiger charge is -2.23. The summed E-state index contributed by atoms with van der Waals surface area (Å²) in [6, 6.07) is 19.6. The van der Waals surface area contributed by atoms with E-state index in [-0.39, 0.29) is 10.5 Å². The number of hydrogen-bond donors (Lipinski definition) is 2. The first-order valence-corrected chi connectivity index (χ1v) is 12.9. The first-order chi connectivity index (χ1) is 16.9. The van der Waals surface area contributed by atoms with Gasteiger partial charge in [-0.05, 0) is 68.1 Å². The molecule has 5 rings (SSSR count). The Hall–Kier alpha value is -3.53. The van der Waals surface area contributed by atoms with E-state index in [4.69, 9.17) is 4.28 Å². The molecule has 180 valence electrons. The van der Waals surface area contributed by atoms with Crippen LogP contribution >= 0.6 is 0 Å². The Morgan fingerprint density at radius 1 is 1.09 bits per heavy atom. The van der Waals surface area contributed by atoms with Crippen molar-refractivity contribution in [3.63, 3.8) is 0 Å². The smallest absolute Gasteiger partial charge is 0.316 e. The summed E-state index contributed by atoms with van der Waals surface area (Å²) in [6.45, 7) is 3.92. The summed E-state index contributed by atoms with van der Waals surface area (Å²) in [6.07, 6.45) is 4.20. The zero-order valence-electron chi connectivity index (χ0n) is 19.3. The highest BCUT2D eigenvalue weighted by atomic mass is 32.2. The molecule has 3 aromatic carbocycles. The molecule has 1 aliphatic heterocycles. The largest absolute Gasteiger partial charge is 0.317 e. The summed E-state index contributed by atoms with van der Waals surface area (Å²) < 4.78 is 31.4. The van der Waals surface area contributed by atoms with Crippen LogP contribution in [-0.4, -0.2) is 37.2 Å². The predicted octanol–water partition coefficient (Wildman–Crippen LogP) is 3.85. The van der Waals surface area contributed by atoms with Crippen LogP contribution < -0.4 is 10.8 Å². The molecule has 0 radical (unpaired) electrons. The molecule has 35 heavy (non-hydrogen) atoms. The number of amides is 1. The molecule has 4 aromatic rings. The van der Waals surface area contributed by atoms with Crippen molar-refractivity contribution in [1.29, 1.82) is 0 Å². The second-order valence-electron chi connectivity index (χ2n) is 8.73. The van der Waals surface area contributed by atoms with Crippen LogP contribution in [0.5, 0.6) is 0 Å². The lowest BCUT2D eigenvalue weighted by molar-refractivity contribution is 0.0772. The lowest BCUT2D eigenvalue weighted by atomic mass is 9.92. The monoisotopic (exact) mass is 490 g/mol. The van der Waals surface area contributed by atoms with Gasteiger partial charge in [0, 0.05) is 18.1 Å². The highest BCUT2D eigenvalue weighted by molar-refractivity contribution is 7.86. The van der Waals surface area contributed by atoms with E-state index in [2.05, 4.69) is 28.0 Å². The van der Waals surface area contributed by atoms with Crippen molar-refractivity contribution in [3.8, 4) is 5.69 Å². The van der Waals surface area contributed by atoms with Crippen molar-refractivity contribution in [2.75, 3.05) is 13.1 Å². The van der Waals surface area contributed by atoms with Crippen molar-refractivity contribution in [2.45, 2.75) is 30.6 Å². The molecule has 1 saturated heterocycles. The number of nitrogens with one attached hydrogen (secondary N) is 2. The Balaban J connectivity index is 1.35. The number of hydroxylamine groups is 1. The van der Waals surface area contributed by atoms with Crippen LogP contribution in [0.2, 0.25) is 0 Å². The first-order valence-electron chi connectivity index (χ1n) is 11.5. The van der Waals surface area contributed by atoms with Gasteiger partial charge in [0.2, 0.25) is 0 Å². The molecule has 1 aromatic heterocycles. The highest BCUT2D eigenvalue weighted by Crippen LogP contribution is 2.25. The van der Waals surface area contributed by atoms with Gasteiger partial charge in [-0.3, -0.25) is 4.79 Å². The number of benzene rings is 3. The van der Waals surface area contributed by atoms with Crippen molar-refractivity contribution < 1.29 is 17.5 Å². The Bertz CT molecular complexity index is 1460. The summed E-state index contributed by atoms with van der Waals surface area (Å²) >= 11 is 0. The molecule has 2 heterocycles. The van der Waals surface area contributed by atoms with Gasteiger partial charge in [0.15, 0.2) is 0 Å². The topological polar surface area (TPSA) is 102 Å². The molecule has 0 spiro atoms. The lowest BCUT2D eigenvalue weighted by Crippen LogP contribution is -2.28. The van der Waals surface area contributed by atoms with Crippen molar-refractivity contribution in [1.82, 2.24) is 20.6 Å².